The Morgan fingerprint density at radius 3 is 2.62 bits per heavy atom. The standard InChI is InChI=1S/C18H17BrClNO7S/c1-4-27-17(24)9(2)21-16(23)13(29-18(21)25)7-10-5-11(19)15(12(20)6-10)28-8-14(22)26-3/h5-7,9H,4,8H2,1-3H3/b13-7-. The first-order valence-electron chi connectivity index (χ1n) is 8.31. The summed E-state index contributed by atoms with van der Waals surface area (Å²) < 4.78 is 15.1. The first-order valence-corrected chi connectivity index (χ1v) is 10.3. The van der Waals surface area contributed by atoms with Gasteiger partial charge >= 0.3 is 11.9 Å². The van der Waals surface area contributed by atoms with E-state index in [2.05, 4.69) is 20.7 Å². The van der Waals surface area contributed by atoms with Gasteiger partial charge in [0.25, 0.3) is 11.1 Å². The van der Waals surface area contributed by atoms with E-state index in [4.69, 9.17) is 21.1 Å². The topological polar surface area (TPSA) is 99.2 Å². The van der Waals surface area contributed by atoms with Gasteiger partial charge < -0.3 is 14.2 Å². The summed E-state index contributed by atoms with van der Waals surface area (Å²) in [5.74, 6) is -1.59. The molecule has 0 N–H and O–H groups in total. The fraction of sp³-hybridized carbons (Fsp3) is 0.333. The van der Waals surface area contributed by atoms with Gasteiger partial charge in [0.2, 0.25) is 0 Å². The van der Waals surface area contributed by atoms with Gasteiger partial charge in [0.15, 0.2) is 12.4 Å². The number of hydrogen-bond acceptors (Lipinski definition) is 8. The van der Waals surface area contributed by atoms with E-state index in [1.54, 1.807) is 13.0 Å². The molecule has 0 radical (unpaired) electrons. The van der Waals surface area contributed by atoms with Crippen LogP contribution in [0.4, 0.5) is 4.79 Å². The van der Waals surface area contributed by atoms with Gasteiger partial charge in [-0.05, 0) is 65.3 Å². The Morgan fingerprint density at radius 2 is 2.03 bits per heavy atom. The molecule has 0 aliphatic carbocycles. The van der Waals surface area contributed by atoms with Crippen molar-refractivity contribution in [3.63, 3.8) is 0 Å². The molecule has 0 bridgehead atoms. The third-order valence-corrected chi connectivity index (χ3v) is 5.47. The lowest BCUT2D eigenvalue weighted by Gasteiger charge is -2.19. The molecule has 29 heavy (non-hydrogen) atoms. The number of esters is 2. The minimum atomic E-state index is -1.03. The fourth-order valence-corrected chi connectivity index (χ4v) is 4.22. The monoisotopic (exact) mass is 505 g/mol. The number of imide groups is 1. The van der Waals surface area contributed by atoms with Gasteiger partial charge in [-0.15, -0.1) is 0 Å². The van der Waals surface area contributed by atoms with E-state index in [1.807, 2.05) is 0 Å². The third kappa shape index (κ3) is 5.52. The zero-order valence-electron chi connectivity index (χ0n) is 15.7. The van der Waals surface area contributed by atoms with Gasteiger partial charge in [-0.3, -0.25) is 14.5 Å². The van der Waals surface area contributed by atoms with Gasteiger partial charge in [0.05, 0.1) is 28.1 Å². The maximum atomic E-state index is 12.6. The minimum absolute atomic E-state index is 0.136. The van der Waals surface area contributed by atoms with E-state index in [-0.39, 0.29) is 28.9 Å². The van der Waals surface area contributed by atoms with Crippen molar-refractivity contribution in [2.24, 2.45) is 0 Å². The van der Waals surface area contributed by atoms with Crippen LogP contribution in [0.25, 0.3) is 6.08 Å². The smallest absolute Gasteiger partial charge is 0.343 e. The molecule has 1 aromatic carbocycles. The second-order valence-corrected chi connectivity index (χ2v) is 7.91. The molecule has 1 aliphatic heterocycles. The van der Waals surface area contributed by atoms with Crippen molar-refractivity contribution in [3.05, 3.63) is 32.1 Å². The number of thioether (sulfide) groups is 1. The molecule has 1 aliphatic rings. The molecule has 11 heteroatoms. The number of halogens is 2. The molecular formula is C18H17BrClNO7S. The van der Waals surface area contributed by atoms with E-state index >= 15 is 0 Å². The van der Waals surface area contributed by atoms with Gasteiger partial charge in [-0.25, -0.2) is 9.59 Å². The summed E-state index contributed by atoms with van der Waals surface area (Å²) >= 11 is 10.2. The molecule has 0 aromatic heterocycles. The van der Waals surface area contributed by atoms with Crippen LogP contribution in [0.1, 0.15) is 19.4 Å². The van der Waals surface area contributed by atoms with Crippen LogP contribution in [0.15, 0.2) is 21.5 Å². The van der Waals surface area contributed by atoms with Crippen molar-refractivity contribution < 1.29 is 33.4 Å². The summed E-state index contributed by atoms with van der Waals surface area (Å²) in [6.45, 7) is 2.89. The summed E-state index contributed by atoms with van der Waals surface area (Å²) in [5.41, 5.74) is 0.515. The molecule has 2 amide bonds. The first kappa shape index (κ1) is 23.2. The summed E-state index contributed by atoms with van der Waals surface area (Å²) in [7, 11) is 1.24. The van der Waals surface area contributed by atoms with Crippen molar-refractivity contribution in [3.8, 4) is 5.75 Å². The van der Waals surface area contributed by atoms with Gasteiger partial charge in [-0.2, -0.15) is 0 Å². The van der Waals surface area contributed by atoms with Gasteiger partial charge in [0, 0.05) is 0 Å². The quantitative estimate of drug-likeness (QED) is 0.408. The predicted octanol–water partition coefficient (Wildman–Crippen LogP) is 3.64. The lowest BCUT2D eigenvalue weighted by atomic mass is 10.2. The lowest BCUT2D eigenvalue weighted by Crippen LogP contribution is -2.42. The van der Waals surface area contributed by atoms with Crippen LogP contribution in [0.3, 0.4) is 0 Å². The van der Waals surface area contributed by atoms with Crippen LogP contribution in [-0.2, 0) is 23.9 Å². The molecule has 8 nitrogen and oxygen atoms in total. The molecular weight excluding hydrogens is 490 g/mol. The highest BCUT2D eigenvalue weighted by Crippen LogP contribution is 2.38. The molecule has 0 spiro atoms. The van der Waals surface area contributed by atoms with Crippen LogP contribution in [-0.4, -0.2) is 54.4 Å². The Kier molecular flexibility index (Phi) is 8.12. The van der Waals surface area contributed by atoms with Crippen molar-refractivity contribution in [1.82, 2.24) is 4.90 Å². The third-order valence-electron chi connectivity index (χ3n) is 3.72. The van der Waals surface area contributed by atoms with Crippen LogP contribution < -0.4 is 4.74 Å². The highest BCUT2D eigenvalue weighted by atomic mass is 79.9. The van der Waals surface area contributed by atoms with E-state index in [1.165, 1.54) is 26.2 Å². The number of carbonyl (C=O) groups excluding carboxylic acids is 4. The number of carbonyl (C=O) groups is 4. The number of ether oxygens (including phenoxy) is 3. The van der Waals surface area contributed by atoms with Crippen LogP contribution in [0.5, 0.6) is 5.75 Å². The van der Waals surface area contributed by atoms with Gasteiger partial charge in [0.1, 0.15) is 6.04 Å². The van der Waals surface area contributed by atoms with E-state index in [0.717, 1.165) is 4.90 Å². The largest absolute Gasteiger partial charge is 0.479 e. The lowest BCUT2D eigenvalue weighted by molar-refractivity contribution is -0.150. The number of methoxy groups -OCH3 is 1. The second kappa shape index (κ2) is 10.1. The number of amides is 2. The number of hydrogen-bond donors (Lipinski definition) is 0. The Bertz CT molecular complexity index is 866. The average Bonchev–Trinajstić information content (AvgIpc) is 2.93. The molecule has 1 unspecified atom stereocenters. The summed E-state index contributed by atoms with van der Waals surface area (Å²) in [4.78, 5) is 48.9. The summed E-state index contributed by atoms with van der Waals surface area (Å²) in [5, 5.41) is -0.376. The predicted molar refractivity (Wildman–Crippen MR) is 111 cm³/mol. The van der Waals surface area contributed by atoms with Gasteiger partial charge in [-0.1, -0.05) is 11.6 Å². The van der Waals surface area contributed by atoms with E-state index in [0.29, 0.717) is 21.8 Å². The average molecular weight is 507 g/mol. The van der Waals surface area contributed by atoms with E-state index < -0.39 is 29.1 Å². The molecule has 2 rings (SSSR count). The molecule has 1 saturated heterocycles. The summed E-state index contributed by atoms with van der Waals surface area (Å²) in [6.07, 6.45) is 1.48. The van der Waals surface area contributed by atoms with Crippen molar-refractivity contribution in [2.45, 2.75) is 19.9 Å². The zero-order chi connectivity index (χ0) is 21.7. The maximum absolute atomic E-state index is 12.6. The SMILES string of the molecule is CCOC(=O)C(C)N1C(=O)S/C(=C\c2cc(Cl)c(OCC(=O)OC)c(Br)c2)C1=O. The molecule has 0 saturated carbocycles. The van der Waals surface area contributed by atoms with Crippen molar-refractivity contribution in [1.29, 1.82) is 0 Å². The Morgan fingerprint density at radius 1 is 1.34 bits per heavy atom. The Balaban J connectivity index is 2.24. The van der Waals surface area contributed by atoms with Crippen molar-refractivity contribution >= 4 is 68.5 Å². The molecule has 1 aromatic rings. The van der Waals surface area contributed by atoms with E-state index in [9.17, 15) is 19.2 Å². The zero-order valence-corrected chi connectivity index (χ0v) is 18.9. The highest BCUT2D eigenvalue weighted by Gasteiger charge is 2.41. The Labute approximate surface area is 184 Å². The number of rotatable bonds is 7. The van der Waals surface area contributed by atoms with Crippen LogP contribution >= 0.6 is 39.3 Å². The van der Waals surface area contributed by atoms with Crippen molar-refractivity contribution in [2.75, 3.05) is 20.3 Å². The normalized spacial score (nSPS) is 16.2. The number of nitrogens with zero attached hydrogens (tertiary/aromatic N) is 1. The second-order valence-electron chi connectivity index (χ2n) is 5.66. The molecule has 1 atom stereocenters. The molecule has 156 valence electrons. The Hall–Kier alpha value is -2.04. The molecule has 1 fully saturated rings. The van der Waals surface area contributed by atoms with Crippen LogP contribution in [0.2, 0.25) is 5.02 Å². The maximum Gasteiger partial charge on any atom is 0.343 e. The summed E-state index contributed by atoms with van der Waals surface area (Å²) in [6, 6.07) is 2.10. The van der Waals surface area contributed by atoms with Crippen LogP contribution in [0, 0.1) is 0 Å². The highest BCUT2D eigenvalue weighted by molar-refractivity contribution is 9.10. The fourth-order valence-electron chi connectivity index (χ4n) is 2.32. The minimum Gasteiger partial charge on any atom is -0.479 e. The molecule has 1 heterocycles. The number of benzene rings is 1. The first-order chi connectivity index (χ1) is 13.7.